The van der Waals surface area contributed by atoms with E-state index in [4.69, 9.17) is 14.5 Å². The Kier molecular flexibility index (Phi) is 10.3. The average molecular weight is 753 g/mol. The number of halogens is 4. The number of rotatable bonds is 10. The zero-order chi connectivity index (χ0) is 29.7. The lowest BCUT2D eigenvalue weighted by molar-refractivity contribution is -0.118. The van der Waals surface area contributed by atoms with Gasteiger partial charge in [0.05, 0.1) is 28.2 Å². The van der Waals surface area contributed by atoms with Crippen molar-refractivity contribution in [3.63, 3.8) is 0 Å². The molecule has 0 aliphatic heterocycles. The van der Waals surface area contributed by atoms with Crippen molar-refractivity contribution < 1.29 is 18.7 Å². The molecule has 3 aromatic carbocycles. The highest BCUT2D eigenvalue weighted by atomic mass is 79.9. The highest BCUT2D eigenvalue weighted by Crippen LogP contribution is 2.42. The first-order valence-electron chi connectivity index (χ1n) is 12.7. The van der Waals surface area contributed by atoms with Crippen LogP contribution in [0.2, 0.25) is 0 Å². The van der Waals surface area contributed by atoms with Gasteiger partial charge in [-0.05, 0) is 93.7 Å². The van der Waals surface area contributed by atoms with Crippen LogP contribution in [0.15, 0.2) is 71.8 Å². The van der Waals surface area contributed by atoms with E-state index in [2.05, 4.69) is 58.2 Å². The molecule has 41 heavy (non-hydrogen) atoms. The molecule has 214 valence electrons. The third-order valence-electron chi connectivity index (χ3n) is 6.13. The molecule has 1 atom stereocenters. The maximum atomic E-state index is 13.5. The fourth-order valence-corrected chi connectivity index (χ4v) is 5.16. The van der Waals surface area contributed by atoms with E-state index in [-0.39, 0.29) is 18.1 Å². The Morgan fingerprint density at radius 2 is 1.83 bits per heavy atom. The van der Waals surface area contributed by atoms with Gasteiger partial charge in [0.1, 0.15) is 11.6 Å². The Balaban J connectivity index is 1.67. The van der Waals surface area contributed by atoms with Gasteiger partial charge >= 0.3 is 0 Å². The molecule has 0 aliphatic carbocycles. The first-order chi connectivity index (χ1) is 19.6. The van der Waals surface area contributed by atoms with Gasteiger partial charge in [-0.2, -0.15) is 9.78 Å². The Bertz CT molecular complexity index is 1680. The fraction of sp³-hybridized carbons (Fsp3) is 0.241. The minimum absolute atomic E-state index is 0.0149. The van der Waals surface area contributed by atoms with Crippen molar-refractivity contribution in [2.45, 2.75) is 33.1 Å². The van der Waals surface area contributed by atoms with E-state index >= 15 is 0 Å². The van der Waals surface area contributed by atoms with Gasteiger partial charge in [0, 0.05) is 26.1 Å². The smallest absolute Gasteiger partial charge is 0.282 e. The molecule has 8 nitrogen and oxygen atoms in total. The van der Waals surface area contributed by atoms with Crippen molar-refractivity contribution in [1.29, 1.82) is 0 Å². The van der Waals surface area contributed by atoms with Gasteiger partial charge in [0.15, 0.2) is 18.1 Å². The van der Waals surface area contributed by atoms with Crippen LogP contribution in [0.25, 0.3) is 10.9 Å². The standard InChI is InChI=1S/C29H26Br3FN4O4/c1-4-16(3)28-36-22-11-6-18(30)13-21(22)29(39)37(28)34-14-17-12-23(40-5-2)27(26(32)25(17)31)41-15-24(38)35-20-9-7-19(33)8-10-20/h6-14,16H,4-5,15H2,1-3H3,(H,35,38)/t16-/m0/s1. The maximum absolute atomic E-state index is 13.5. The lowest BCUT2D eigenvalue weighted by atomic mass is 10.1. The molecule has 0 saturated heterocycles. The van der Waals surface area contributed by atoms with Gasteiger partial charge in [-0.15, -0.1) is 0 Å². The number of ether oxygens (including phenoxy) is 2. The van der Waals surface area contributed by atoms with Crippen LogP contribution >= 0.6 is 47.8 Å². The summed E-state index contributed by atoms with van der Waals surface area (Å²) in [7, 11) is 0. The predicted molar refractivity (Wildman–Crippen MR) is 169 cm³/mol. The minimum Gasteiger partial charge on any atom is -0.490 e. The molecular weight excluding hydrogens is 727 g/mol. The Morgan fingerprint density at radius 3 is 2.51 bits per heavy atom. The number of carbonyl (C=O) groups is 1. The summed E-state index contributed by atoms with van der Waals surface area (Å²) in [6.07, 6.45) is 2.32. The van der Waals surface area contributed by atoms with E-state index in [1.165, 1.54) is 28.9 Å². The van der Waals surface area contributed by atoms with Gasteiger partial charge in [0.2, 0.25) is 0 Å². The van der Waals surface area contributed by atoms with Crippen LogP contribution in [0.5, 0.6) is 11.5 Å². The highest BCUT2D eigenvalue weighted by molar-refractivity contribution is 9.13. The Morgan fingerprint density at radius 1 is 1.10 bits per heavy atom. The number of nitrogens with one attached hydrogen (secondary N) is 1. The second-order valence-corrected chi connectivity index (χ2v) is 11.5. The summed E-state index contributed by atoms with van der Waals surface area (Å²) in [6, 6.07) is 12.5. The zero-order valence-electron chi connectivity index (χ0n) is 22.4. The number of benzene rings is 3. The SMILES string of the molecule is CCOc1cc(C=Nn2c([C@@H](C)CC)nc3ccc(Br)cc3c2=O)c(Br)c(Br)c1OCC(=O)Nc1ccc(F)cc1. The lowest BCUT2D eigenvalue weighted by Gasteiger charge is -2.17. The second-order valence-electron chi connectivity index (χ2n) is 9.00. The molecule has 1 amide bonds. The molecule has 1 N–H and O–H groups in total. The summed E-state index contributed by atoms with van der Waals surface area (Å²) in [4.78, 5) is 30.7. The molecule has 12 heteroatoms. The second kappa shape index (κ2) is 13.7. The fourth-order valence-electron chi connectivity index (χ4n) is 3.86. The van der Waals surface area contributed by atoms with Crippen LogP contribution in [-0.4, -0.2) is 35.0 Å². The number of anilines is 1. The van der Waals surface area contributed by atoms with Crippen molar-refractivity contribution in [3.8, 4) is 11.5 Å². The van der Waals surface area contributed by atoms with E-state index in [9.17, 15) is 14.0 Å². The summed E-state index contributed by atoms with van der Waals surface area (Å²) in [5, 5.41) is 7.65. The van der Waals surface area contributed by atoms with Gasteiger partial charge < -0.3 is 14.8 Å². The molecular formula is C29H26Br3FN4O4. The average Bonchev–Trinajstić information content (AvgIpc) is 2.95. The van der Waals surface area contributed by atoms with Crippen LogP contribution in [0.4, 0.5) is 10.1 Å². The third kappa shape index (κ3) is 7.22. The lowest BCUT2D eigenvalue weighted by Crippen LogP contribution is -2.23. The van der Waals surface area contributed by atoms with Gasteiger partial charge in [-0.3, -0.25) is 9.59 Å². The summed E-state index contributed by atoms with van der Waals surface area (Å²) in [5.41, 5.74) is 1.36. The summed E-state index contributed by atoms with van der Waals surface area (Å²) < 4.78 is 27.9. The molecule has 0 saturated carbocycles. The van der Waals surface area contributed by atoms with Gasteiger partial charge in [0.25, 0.3) is 11.5 Å². The molecule has 1 aromatic heterocycles. The van der Waals surface area contributed by atoms with Crippen molar-refractivity contribution >= 4 is 76.5 Å². The Hall–Kier alpha value is -3.09. The first kappa shape index (κ1) is 30.9. The van der Waals surface area contributed by atoms with Crippen molar-refractivity contribution in [1.82, 2.24) is 9.66 Å². The van der Waals surface area contributed by atoms with E-state index in [1.807, 2.05) is 32.9 Å². The van der Waals surface area contributed by atoms with Crippen molar-refractivity contribution in [2.75, 3.05) is 18.5 Å². The monoisotopic (exact) mass is 750 g/mol. The summed E-state index contributed by atoms with van der Waals surface area (Å²) >= 11 is 10.5. The van der Waals surface area contributed by atoms with Gasteiger partial charge in [-0.1, -0.05) is 29.8 Å². The molecule has 0 spiro atoms. The summed E-state index contributed by atoms with van der Waals surface area (Å²) in [5.74, 6) is 0.382. The van der Waals surface area contributed by atoms with Gasteiger partial charge in [-0.25, -0.2) is 9.37 Å². The highest BCUT2D eigenvalue weighted by Gasteiger charge is 2.20. The molecule has 0 radical (unpaired) electrons. The zero-order valence-corrected chi connectivity index (χ0v) is 27.1. The number of hydrogen-bond donors (Lipinski definition) is 1. The molecule has 4 aromatic rings. The van der Waals surface area contributed by atoms with E-state index in [0.29, 0.717) is 55.0 Å². The Labute approximate surface area is 261 Å². The molecule has 1 heterocycles. The van der Waals surface area contributed by atoms with Crippen LogP contribution in [0.3, 0.4) is 0 Å². The number of hydrogen-bond acceptors (Lipinski definition) is 6. The van der Waals surface area contributed by atoms with E-state index in [1.54, 1.807) is 18.3 Å². The number of aromatic nitrogens is 2. The van der Waals surface area contributed by atoms with E-state index < -0.39 is 11.7 Å². The molecule has 0 fully saturated rings. The molecule has 4 rings (SSSR count). The van der Waals surface area contributed by atoms with Crippen LogP contribution in [0.1, 0.15) is 44.5 Å². The first-order valence-corrected chi connectivity index (χ1v) is 15.1. The maximum Gasteiger partial charge on any atom is 0.282 e. The summed E-state index contributed by atoms with van der Waals surface area (Å²) in [6.45, 7) is 5.87. The van der Waals surface area contributed by atoms with Crippen LogP contribution in [0, 0.1) is 5.82 Å². The van der Waals surface area contributed by atoms with E-state index in [0.717, 1.165) is 10.9 Å². The largest absolute Gasteiger partial charge is 0.490 e. The number of nitrogens with zero attached hydrogens (tertiary/aromatic N) is 3. The minimum atomic E-state index is -0.430. The number of amides is 1. The van der Waals surface area contributed by atoms with Crippen LogP contribution in [-0.2, 0) is 4.79 Å². The molecule has 0 bridgehead atoms. The van der Waals surface area contributed by atoms with Crippen molar-refractivity contribution in [3.05, 3.63) is 89.5 Å². The normalized spacial score (nSPS) is 12.1. The third-order valence-corrected chi connectivity index (χ3v) is 8.77. The topological polar surface area (TPSA) is 94.8 Å². The number of carbonyl (C=O) groups excluding carboxylic acids is 1. The quantitative estimate of drug-likeness (QED) is 0.168. The van der Waals surface area contributed by atoms with Crippen LogP contribution < -0.4 is 20.3 Å². The number of fused-ring (bicyclic) bond motifs is 1. The molecule has 0 unspecified atom stereocenters. The molecule has 0 aliphatic rings. The van der Waals surface area contributed by atoms with Crippen molar-refractivity contribution in [2.24, 2.45) is 5.10 Å². The predicted octanol–water partition coefficient (Wildman–Crippen LogP) is 7.64.